The highest BCUT2D eigenvalue weighted by Gasteiger charge is 2.17. The Morgan fingerprint density at radius 1 is 0.861 bits per heavy atom. The van der Waals surface area contributed by atoms with E-state index in [-0.39, 0.29) is 5.82 Å². The molecule has 4 aromatic rings. The van der Waals surface area contributed by atoms with Gasteiger partial charge in [-0.2, -0.15) is 5.10 Å². The molecule has 0 radical (unpaired) electrons. The molecule has 9 heteroatoms. The second-order valence-electron chi connectivity index (χ2n) is 9.77. The van der Waals surface area contributed by atoms with E-state index in [1.54, 1.807) is 18.5 Å². The minimum atomic E-state index is -0.271. The average molecular weight is 487 g/mol. The molecule has 6 rings (SSSR count). The van der Waals surface area contributed by atoms with Gasteiger partial charge in [0.2, 0.25) is 0 Å². The van der Waals surface area contributed by atoms with Gasteiger partial charge in [-0.3, -0.25) is 4.68 Å². The number of pyridine rings is 2. The van der Waals surface area contributed by atoms with Gasteiger partial charge in [-0.1, -0.05) is 0 Å². The van der Waals surface area contributed by atoms with Gasteiger partial charge in [0.05, 0.1) is 6.54 Å². The maximum Gasteiger partial charge on any atom is 0.153 e. The number of hydrogen-bond donors (Lipinski definition) is 2. The number of aromatic nitrogens is 4. The van der Waals surface area contributed by atoms with Crippen LogP contribution in [0.15, 0.2) is 42.7 Å². The molecule has 8 nitrogen and oxygen atoms in total. The maximum absolute atomic E-state index is 15.2. The van der Waals surface area contributed by atoms with Crippen molar-refractivity contribution in [2.75, 3.05) is 56.5 Å². The molecule has 0 saturated carbocycles. The van der Waals surface area contributed by atoms with Crippen molar-refractivity contribution in [3.63, 3.8) is 0 Å². The minimum Gasteiger partial charge on any atom is -0.354 e. The van der Waals surface area contributed by atoms with Crippen LogP contribution in [0.3, 0.4) is 0 Å². The Bertz CT molecular complexity index is 1380. The summed E-state index contributed by atoms with van der Waals surface area (Å²) in [5, 5.41) is 13.1. The van der Waals surface area contributed by atoms with E-state index < -0.39 is 0 Å². The summed E-state index contributed by atoms with van der Waals surface area (Å²) in [5.74, 6) is 2.15. The first kappa shape index (κ1) is 22.9. The number of anilines is 3. The standard InChI is InChI=1S/C27H31FN8/c1-18-11-27(35-7-4-29-5-8-35)31-17-23(18)22-12-19-14-25(30-16-20(19)13-24(22)28)32-26-15-21-3-6-34(2)9-10-36(21)33-26/h11-17,29H,3-10H2,1-2H3,(H,30,32,33). The Labute approximate surface area is 210 Å². The van der Waals surface area contributed by atoms with E-state index in [0.29, 0.717) is 11.4 Å². The Morgan fingerprint density at radius 3 is 2.56 bits per heavy atom. The van der Waals surface area contributed by atoms with Crippen LogP contribution in [0.25, 0.3) is 21.9 Å². The second kappa shape index (κ2) is 9.48. The normalized spacial score (nSPS) is 16.7. The second-order valence-corrected chi connectivity index (χ2v) is 9.77. The average Bonchev–Trinajstić information content (AvgIpc) is 3.19. The number of hydrogen-bond acceptors (Lipinski definition) is 7. The van der Waals surface area contributed by atoms with Crippen molar-refractivity contribution in [1.29, 1.82) is 0 Å². The number of piperazine rings is 1. The first-order valence-corrected chi connectivity index (χ1v) is 12.6. The minimum absolute atomic E-state index is 0.271. The maximum atomic E-state index is 15.2. The van der Waals surface area contributed by atoms with Crippen LogP contribution in [0.4, 0.5) is 21.8 Å². The van der Waals surface area contributed by atoms with Crippen molar-refractivity contribution in [1.82, 2.24) is 30.0 Å². The van der Waals surface area contributed by atoms with Crippen LogP contribution in [-0.2, 0) is 13.0 Å². The van der Waals surface area contributed by atoms with Crippen LogP contribution in [0.1, 0.15) is 11.3 Å². The van der Waals surface area contributed by atoms with Crippen molar-refractivity contribution in [2.24, 2.45) is 0 Å². The first-order valence-electron chi connectivity index (χ1n) is 12.6. The van der Waals surface area contributed by atoms with Crippen LogP contribution in [0.2, 0.25) is 0 Å². The Hall–Kier alpha value is -3.56. The number of nitrogens with one attached hydrogen (secondary N) is 2. The summed E-state index contributed by atoms with van der Waals surface area (Å²) in [6.07, 6.45) is 4.48. The number of fused-ring (bicyclic) bond motifs is 2. The Kier molecular flexibility index (Phi) is 6.02. The van der Waals surface area contributed by atoms with E-state index in [1.165, 1.54) is 5.69 Å². The predicted molar refractivity (Wildman–Crippen MR) is 141 cm³/mol. The third kappa shape index (κ3) is 4.52. The zero-order valence-electron chi connectivity index (χ0n) is 20.8. The SMILES string of the molecule is Cc1cc(N2CCNCC2)ncc1-c1cc2cc(Nc3cc4n(n3)CCN(C)CC4)ncc2cc1F. The van der Waals surface area contributed by atoms with Gasteiger partial charge in [0.25, 0.3) is 0 Å². The molecule has 0 amide bonds. The fourth-order valence-corrected chi connectivity index (χ4v) is 5.06. The van der Waals surface area contributed by atoms with Crippen molar-refractivity contribution >= 4 is 28.2 Å². The van der Waals surface area contributed by atoms with Crippen molar-refractivity contribution in [3.05, 3.63) is 59.8 Å². The molecular formula is C27H31FN8. The third-order valence-electron chi connectivity index (χ3n) is 7.20. The molecule has 0 spiro atoms. The molecular weight excluding hydrogens is 455 g/mol. The molecule has 0 atom stereocenters. The number of rotatable bonds is 4. The predicted octanol–water partition coefficient (Wildman–Crippen LogP) is 3.58. The number of aryl methyl sites for hydroxylation is 1. The van der Waals surface area contributed by atoms with Crippen LogP contribution < -0.4 is 15.5 Å². The van der Waals surface area contributed by atoms with Crippen LogP contribution >= 0.6 is 0 Å². The third-order valence-corrected chi connectivity index (χ3v) is 7.20. The molecule has 2 aliphatic heterocycles. The lowest BCUT2D eigenvalue weighted by atomic mass is 9.99. The molecule has 186 valence electrons. The number of likely N-dealkylation sites (N-methyl/N-ethyl adjacent to an activating group) is 1. The van der Waals surface area contributed by atoms with E-state index in [2.05, 4.69) is 54.3 Å². The summed E-state index contributed by atoms with van der Waals surface area (Å²) in [6, 6.07) is 9.56. The van der Waals surface area contributed by atoms with Gasteiger partial charge in [-0.15, -0.1) is 0 Å². The smallest absolute Gasteiger partial charge is 0.153 e. The van der Waals surface area contributed by atoms with E-state index in [1.807, 2.05) is 19.1 Å². The van der Waals surface area contributed by atoms with Gasteiger partial charge in [-0.05, 0) is 49.2 Å². The topological polar surface area (TPSA) is 74.1 Å². The highest BCUT2D eigenvalue weighted by molar-refractivity contribution is 5.89. The molecule has 2 aliphatic rings. The van der Waals surface area contributed by atoms with Crippen LogP contribution in [0.5, 0.6) is 0 Å². The van der Waals surface area contributed by atoms with Crippen LogP contribution in [-0.4, -0.2) is 71.0 Å². The largest absolute Gasteiger partial charge is 0.354 e. The lowest BCUT2D eigenvalue weighted by Gasteiger charge is -2.28. The molecule has 3 aromatic heterocycles. The van der Waals surface area contributed by atoms with Crippen molar-refractivity contribution in [3.8, 4) is 11.1 Å². The zero-order chi connectivity index (χ0) is 24.6. The van der Waals surface area contributed by atoms with Crippen molar-refractivity contribution < 1.29 is 4.39 Å². The molecule has 5 heterocycles. The quantitative estimate of drug-likeness (QED) is 0.457. The Balaban J connectivity index is 1.28. The summed E-state index contributed by atoms with van der Waals surface area (Å²) < 4.78 is 17.2. The van der Waals surface area contributed by atoms with E-state index >= 15 is 4.39 Å². The summed E-state index contributed by atoms with van der Waals surface area (Å²) in [5.41, 5.74) is 3.59. The lowest BCUT2D eigenvalue weighted by Crippen LogP contribution is -2.43. The first-order chi connectivity index (χ1) is 17.5. The molecule has 36 heavy (non-hydrogen) atoms. The molecule has 1 aromatic carbocycles. The van der Waals surface area contributed by atoms with Crippen LogP contribution in [0, 0.1) is 12.7 Å². The molecule has 1 fully saturated rings. The number of nitrogens with zero attached hydrogens (tertiary/aromatic N) is 6. The fourth-order valence-electron chi connectivity index (χ4n) is 5.06. The summed E-state index contributed by atoms with van der Waals surface area (Å²) in [4.78, 5) is 13.8. The van der Waals surface area contributed by atoms with Gasteiger partial charge in [0.15, 0.2) is 5.82 Å². The number of benzene rings is 1. The molecule has 0 bridgehead atoms. The van der Waals surface area contributed by atoms with Gasteiger partial charge < -0.3 is 20.4 Å². The summed E-state index contributed by atoms with van der Waals surface area (Å²) >= 11 is 0. The zero-order valence-corrected chi connectivity index (χ0v) is 20.8. The van der Waals surface area contributed by atoms with Gasteiger partial charge in [-0.25, -0.2) is 14.4 Å². The van der Waals surface area contributed by atoms with E-state index in [0.717, 1.165) is 85.8 Å². The van der Waals surface area contributed by atoms with Gasteiger partial charge in [0.1, 0.15) is 17.5 Å². The monoisotopic (exact) mass is 486 g/mol. The highest BCUT2D eigenvalue weighted by atomic mass is 19.1. The fraction of sp³-hybridized carbons (Fsp3) is 0.370. The van der Waals surface area contributed by atoms with E-state index in [9.17, 15) is 0 Å². The Morgan fingerprint density at radius 2 is 1.72 bits per heavy atom. The highest BCUT2D eigenvalue weighted by Crippen LogP contribution is 2.32. The van der Waals surface area contributed by atoms with Gasteiger partial charge in [0, 0.05) is 86.4 Å². The van der Waals surface area contributed by atoms with Gasteiger partial charge >= 0.3 is 0 Å². The molecule has 0 unspecified atom stereocenters. The number of halogens is 1. The van der Waals surface area contributed by atoms with E-state index in [4.69, 9.17) is 5.10 Å². The summed E-state index contributed by atoms with van der Waals surface area (Å²) in [7, 11) is 2.14. The lowest BCUT2D eigenvalue weighted by molar-refractivity contribution is 0.337. The molecule has 2 N–H and O–H groups in total. The van der Waals surface area contributed by atoms with Crippen molar-refractivity contribution in [2.45, 2.75) is 19.9 Å². The molecule has 0 aliphatic carbocycles. The summed E-state index contributed by atoms with van der Waals surface area (Å²) in [6.45, 7) is 8.66. The molecule has 1 saturated heterocycles.